The second kappa shape index (κ2) is 7.66. The molecule has 0 bridgehead atoms. The lowest BCUT2D eigenvalue weighted by Gasteiger charge is -2.25. The van der Waals surface area contributed by atoms with Crippen LogP contribution in [0, 0.1) is 5.92 Å². The molecule has 1 aliphatic heterocycles. The number of aliphatic hydroxyl groups is 1. The summed E-state index contributed by atoms with van der Waals surface area (Å²) in [6.45, 7) is 0.196. The van der Waals surface area contributed by atoms with Crippen LogP contribution in [0.4, 0.5) is 5.69 Å². The maximum absolute atomic E-state index is 12.4. The second-order valence-corrected chi connectivity index (χ2v) is 6.45. The minimum absolute atomic E-state index is 0.0531. The molecule has 1 unspecified atom stereocenters. The normalized spacial score (nSPS) is 19.4. The lowest BCUT2D eigenvalue weighted by molar-refractivity contribution is -0.124. The van der Waals surface area contributed by atoms with E-state index in [9.17, 15) is 14.7 Å². The van der Waals surface area contributed by atoms with Gasteiger partial charge in [-0.1, -0.05) is 25.0 Å². The molecule has 6 nitrogen and oxygen atoms in total. The molecular weight excluding hydrogens is 308 g/mol. The SMILES string of the molecule is O=C(CN1C(=O)CCOc2ccccc21)NC(CO)C1CCCC1. The van der Waals surface area contributed by atoms with E-state index in [1.807, 2.05) is 12.1 Å². The number of ether oxygens (including phenoxy) is 1. The number of hydrogen-bond donors (Lipinski definition) is 2. The number of fused-ring (bicyclic) bond motifs is 1. The molecule has 0 spiro atoms. The minimum Gasteiger partial charge on any atom is -0.491 e. The number of hydrogen-bond acceptors (Lipinski definition) is 4. The monoisotopic (exact) mass is 332 g/mol. The van der Waals surface area contributed by atoms with Crippen molar-refractivity contribution in [1.82, 2.24) is 5.32 Å². The first-order chi connectivity index (χ1) is 11.7. The van der Waals surface area contributed by atoms with Gasteiger partial charge >= 0.3 is 0 Å². The van der Waals surface area contributed by atoms with Gasteiger partial charge in [0.25, 0.3) is 0 Å². The van der Waals surface area contributed by atoms with Gasteiger partial charge in [-0.05, 0) is 30.9 Å². The zero-order chi connectivity index (χ0) is 16.9. The maximum atomic E-state index is 12.4. The summed E-state index contributed by atoms with van der Waals surface area (Å²) in [6, 6.07) is 7.02. The number of carbonyl (C=O) groups is 2. The van der Waals surface area contributed by atoms with Crippen LogP contribution in [-0.2, 0) is 9.59 Å². The van der Waals surface area contributed by atoms with Crippen LogP contribution in [0.5, 0.6) is 5.75 Å². The first-order valence-corrected chi connectivity index (χ1v) is 8.61. The van der Waals surface area contributed by atoms with Crippen LogP contribution in [0.15, 0.2) is 24.3 Å². The molecule has 24 heavy (non-hydrogen) atoms. The van der Waals surface area contributed by atoms with Crippen molar-refractivity contribution in [3.63, 3.8) is 0 Å². The molecule has 1 heterocycles. The van der Waals surface area contributed by atoms with Crippen LogP contribution < -0.4 is 15.0 Å². The number of benzene rings is 1. The first-order valence-electron chi connectivity index (χ1n) is 8.61. The van der Waals surface area contributed by atoms with E-state index in [1.54, 1.807) is 12.1 Å². The summed E-state index contributed by atoms with van der Waals surface area (Å²) < 4.78 is 5.58. The van der Waals surface area contributed by atoms with E-state index in [0.717, 1.165) is 25.7 Å². The fourth-order valence-corrected chi connectivity index (χ4v) is 3.56. The van der Waals surface area contributed by atoms with Crippen LogP contribution in [0.2, 0.25) is 0 Å². The van der Waals surface area contributed by atoms with Crippen LogP contribution in [0.3, 0.4) is 0 Å². The minimum atomic E-state index is -0.244. The highest BCUT2D eigenvalue weighted by molar-refractivity contribution is 6.00. The van der Waals surface area contributed by atoms with Crippen molar-refractivity contribution in [1.29, 1.82) is 0 Å². The highest BCUT2D eigenvalue weighted by Crippen LogP contribution is 2.31. The van der Waals surface area contributed by atoms with E-state index >= 15 is 0 Å². The Hall–Kier alpha value is -2.08. The van der Waals surface area contributed by atoms with Gasteiger partial charge in [0, 0.05) is 0 Å². The van der Waals surface area contributed by atoms with Gasteiger partial charge in [-0.15, -0.1) is 0 Å². The highest BCUT2D eigenvalue weighted by Gasteiger charge is 2.29. The fraction of sp³-hybridized carbons (Fsp3) is 0.556. The summed E-state index contributed by atoms with van der Waals surface area (Å²) in [5.41, 5.74) is 0.622. The number of para-hydroxylation sites is 2. The predicted octanol–water partition coefficient (Wildman–Crippen LogP) is 1.47. The molecule has 1 saturated carbocycles. The number of nitrogens with one attached hydrogen (secondary N) is 1. The molecule has 2 N–H and O–H groups in total. The molecule has 1 aromatic rings. The molecule has 2 aliphatic rings. The first kappa shape index (κ1) is 16.8. The largest absolute Gasteiger partial charge is 0.491 e. The Bertz CT molecular complexity index is 598. The Morgan fingerprint density at radius 2 is 2.08 bits per heavy atom. The maximum Gasteiger partial charge on any atom is 0.240 e. The standard InChI is InChI=1S/C18H24N2O4/c21-12-14(13-5-1-2-6-13)19-17(22)11-20-15-7-3-4-8-16(15)24-10-9-18(20)23/h3-4,7-8,13-14,21H,1-2,5-6,9-12H2,(H,19,22). The van der Waals surface area contributed by atoms with Crippen molar-refractivity contribution in [3.05, 3.63) is 24.3 Å². The molecule has 0 aromatic heterocycles. The Kier molecular flexibility index (Phi) is 5.35. The van der Waals surface area contributed by atoms with Crippen molar-refractivity contribution in [2.45, 2.75) is 38.1 Å². The van der Waals surface area contributed by atoms with Crippen LogP contribution in [0.25, 0.3) is 0 Å². The molecule has 1 aromatic carbocycles. The van der Waals surface area contributed by atoms with Crippen molar-refractivity contribution < 1.29 is 19.4 Å². The smallest absolute Gasteiger partial charge is 0.240 e. The van der Waals surface area contributed by atoms with Gasteiger partial charge in [-0.25, -0.2) is 0 Å². The molecule has 0 saturated heterocycles. The quantitative estimate of drug-likeness (QED) is 0.856. The topological polar surface area (TPSA) is 78.9 Å². The zero-order valence-corrected chi connectivity index (χ0v) is 13.7. The highest BCUT2D eigenvalue weighted by atomic mass is 16.5. The summed E-state index contributed by atoms with van der Waals surface area (Å²) >= 11 is 0. The number of amides is 2. The van der Waals surface area contributed by atoms with Crippen molar-refractivity contribution >= 4 is 17.5 Å². The third-order valence-corrected chi connectivity index (χ3v) is 4.84. The lowest BCUT2D eigenvalue weighted by atomic mass is 9.99. The van der Waals surface area contributed by atoms with Crippen molar-refractivity contribution in [2.24, 2.45) is 5.92 Å². The summed E-state index contributed by atoms with van der Waals surface area (Å²) in [5, 5.41) is 12.5. The second-order valence-electron chi connectivity index (χ2n) is 6.45. The molecule has 2 amide bonds. The third-order valence-electron chi connectivity index (χ3n) is 4.84. The number of aliphatic hydroxyl groups excluding tert-OH is 1. The van der Waals surface area contributed by atoms with E-state index in [4.69, 9.17) is 4.74 Å². The van der Waals surface area contributed by atoms with E-state index in [0.29, 0.717) is 24.0 Å². The summed E-state index contributed by atoms with van der Waals surface area (Å²) in [4.78, 5) is 26.3. The Labute approximate surface area is 141 Å². The van der Waals surface area contributed by atoms with Gasteiger partial charge in [0.15, 0.2) is 0 Å². The van der Waals surface area contributed by atoms with Gasteiger partial charge in [0.05, 0.1) is 31.4 Å². The van der Waals surface area contributed by atoms with E-state index in [-0.39, 0.29) is 37.4 Å². The predicted molar refractivity (Wildman–Crippen MR) is 89.9 cm³/mol. The Morgan fingerprint density at radius 1 is 1.33 bits per heavy atom. The fourth-order valence-electron chi connectivity index (χ4n) is 3.56. The third kappa shape index (κ3) is 3.70. The average Bonchev–Trinajstić information content (AvgIpc) is 3.07. The molecule has 1 aliphatic carbocycles. The molecule has 0 radical (unpaired) electrons. The molecule has 130 valence electrons. The Morgan fingerprint density at radius 3 is 2.83 bits per heavy atom. The average molecular weight is 332 g/mol. The lowest BCUT2D eigenvalue weighted by Crippen LogP contribution is -2.47. The molecule has 1 atom stereocenters. The number of anilines is 1. The molecular formula is C18H24N2O4. The van der Waals surface area contributed by atoms with Gasteiger partial charge in [0.2, 0.25) is 11.8 Å². The van der Waals surface area contributed by atoms with E-state index in [2.05, 4.69) is 5.32 Å². The van der Waals surface area contributed by atoms with E-state index < -0.39 is 0 Å². The van der Waals surface area contributed by atoms with Gasteiger partial charge in [0.1, 0.15) is 12.3 Å². The summed E-state index contributed by atoms with van der Waals surface area (Å²) in [6.07, 6.45) is 4.60. The van der Waals surface area contributed by atoms with Crippen molar-refractivity contribution in [3.8, 4) is 5.75 Å². The summed E-state index contributed by atoms with van der Waals surface area (Å²) in [7, 11) is 0. The molecule has 3 rings (SSSR count). The van der Waals surface area contributed by atoms with Crippen LogP contribution >= 0.6 is 0 Å². The van der Waals surface area contributed by atoms with Gasteiger partial charge < -0.3 is 15.2 Å². The zero-order valence-electron chi connectivity index (χ0n) is 13.7. The van der Waals surface area contributed by atoms with Crippen LogP contribution in [-0.4, -0.2) is 42.7 Å². The van der Waals surface area contributed by atoms with Crippen molar-refractivity contribution in [2.75, 3.05) is 24.7 Å². The molecule has 1 fully saturated rings. The number of nitrogens with zero attached hydrogens (tertiary/aromatic N) is 1. The van der Waals surface area contributed by atoms with Crippen LogP contribution in [0.1, 0.15) is 32.1 Å². The van der Waals surface area contributed by atoms with Gasteiger partial charge in [-0.3, -0.25) is 14.5 Å². The molecule has 6 heteroatoms. The number of rotatable bonds is 5. The summed E-state index contributed by atoms with van der Waals surface area (Å²) in [5.74, 6) is 0.572. The van der Waals surface area contributed by atoms with E-state index in [1.165, 1.54) is 4.90 Å². The Balaban J connectivity index is 1.69. The van der Waals surface area contributed by atoms with Gasteiger partial charge in [-0.2, -0.15) is 0 Å². The number of carbonyl (C=O) groups excluding carboxylic acids is 2.